The zero-order chi connectivity index (χ0) is 24.5. The van der Waals surface area contributed by atoms with Crippen LogP contribution in [0.3, 0.4) is 0 Å². The number of hydrogen-bond acceptors (Lipinski definition) is 8. The summed E-state index contributed by atoms with van der Waals surface area (Å²) in [6.07, 6.45) is 5.31. The molecule has 1 fully saturated rings. The van der Waals surface area contributed by atoms with Crippen molar-refractivity contribution >= 4 is 29.2 Å². The minimum absolute atomic E-state index is 0.0688. The van der Waals surface area contributed by atoms with Gasteiger partial charge in [0.2, 0.25) is 5.88 Å². The van der Waals surface area contributed by atoms with E-state index >= 15 is 0 Å². The van der Waals surface area contributed by atoms with Crippen molar-refractivity contribution in [3.05, 3.63) is 68.7 Å². The smallest absolute Gasteiger partial charge is 0.338 e. The molecule has 1 aromatic carbocycles. The molecule has 3 aromatic heterocycles. The van der Waals surface area contributed by atoms with Gasteiger partial charge in [0.25, 0.3) is 0 Å². The van der Waals surface area contributed by atoms with E-state index in [-0.39, 0.29) is 23.7 Å². The Bertz CT molecular complexity index is 1600. The Kier molecular flexibility index (Phi) is 5.77. The number of aromatic nitrogens is 5. The fourth-order valence-corrected chi connectivity index (χ4v) is 3.56. The van der Waals surface area contributed by atoms with Gasteiger partial charge in [-0.3, -0.25) is 9.98 Å². The van der Waals surface area contributed by atoms with Crippen molar-refractivity contribution in [3.63, 3.8) is 0 Å². The van der Waals surface area contributed by atoms with Crippen LogP contribution < -0.4 is 21.7 Å². The first-order valence-electron chi connectivity index (χ1n) is 11.1. The largest absolute Gasteiger partial charge is 0.493 e. The number of aromatic amines is 2. The zero-order valence-electron chi connectivity index (χ0n) is 18.7. The molecule has 0 saturated heterocycles. The van der Waals surface area contributed by atoms with Crippen molar-refractivity contribution in [1.29, 1.82) is 0 Å². The van der Waals surface area contributed by atoms with Gasteiger partial charge in [0.05, 0.1) is 18.4 Å². The van der Waals surface area contributed by atoms with Gasteiger partial charge in [-0.05, 0) is 50.0 Å². The van der Waals surface area contributed by atoms with Gasteiger partial charge in [-0.1, -0.05) is 0 Å². The van der Waals surface area contributed by atoms with Gasteiger partial charge in [-0.25, -0.2) is 19.0 Å². The summed E-state index contributed by atoms with van der Waals surface area (Å²) < 4.78 is 20.7. The van der Waals surface area contributed by atoms with Crippen LogP contribution in [0.4, 0.5) is 15.9 Å². The first kappa shape index (κ1) is 22.3. The third-order valence-electron chi connectivity index (χ3n) is 5.41. The van der Waals surface area contributed by atoms with E-state index in [9.17, 15) is 19.1 Å². The van der Waals surface area contributed by atoms with Crippen molar-refractivity contribution in [2.45, 2.75) is 19.8 Å². The second kappa shape index (κ2) is 9.05. The van der Waals surface area contributed by atoms with Crippen molar-refractivity contribution in [3.8, 4) is 5.88 Å². The number of anilines is 2. The molecule has 1 saturated carbocycles. The fourth-order valence-electron chi connectivity index (χ4n) is 3.56. The molecule has 0 spiro atoms. The van der Waals surface area contributed by atoms with E-state index in [1.54, 1.807) is 17.5 Å². The summed E-state index contributed by atoms with van der Waals surface area (Å²) in [4.78, 5) is 37.6. The van der Waals surface area contributed by atoms with Crippen LogP contribution in [0.25, 0.3) is 11.7 Å². The maximum atomic E-state index is 14.2. The maximum Gasteiger partial charge on any atom is 0.338 e. The molecule has 35 heavy (non-hydrogen) atoms. The molecule has 5 rings (SSSR count). The molecule has 3 heterocycles. The Morgan fingerprint density at radius 1 is 1.34 bits per heavy atom. The standard InChI is InChI=1S/C23H22FN7O4/c1-2-35-22(33)13-5-15(24)8-16(6-13)27-18-9-19(25-10-12-3-4-12)31-20(29-18)14(11-26-31)7-17-21(32)30-23(34)28-17/h5-9,11-12,27,32H,2-4,10H2,1H3,(H2,28,30,34). The predicted octanol–water partition coefficient (Wildman–Crippen LogP) is 1.37. The molecule has 180 valence electrons. The van der Waals surface area contributed by atoms with Crippen molar-refractivity contribution < 1.29 is 19.0 Å². The number of nitrogens with one attached hydrogen (secondary N) is 3. The lowest BCUT2D eigenvalue weighted by atomic mass is 10.2. The molecule has 11 nitrogen and oxygen atoms in total. The second-order valence-corrected chi connectivity index (χ2v) is 8.18. The number of hydrogen-bond donors (Lipinski definition) is 4. The highest BCUT2D eigenvalue weighted by Crippen LogP contribution is 2.28. The van der Waals surface area contributed by atoms with E-state index in [0.717, 1.165) is 18.9 Å². The summed E-state index contributed by atoms with van der Waals surface area (Å²) in [5, 5.41) is 17.8. The molecule has 0 unspecified atom stereocenters. The van der Waals surface area contributed by atoms with Gasteiger partial charge >= 0.3 is 11.7 Å². The van der Waals surface area contributed by atoms with E-state index in [1.165, 1.54) is 24.4 Å². The third kappa shape index (κ3) is 4.90. The molecule has 0 amide bonds. The number of halogens is 1. The minimum Gasteiger partial charge on any atom is -0.493 e. The number of imidazole rings is 1. The van der Waals surface area contributed by atoms with Gasteiger partial charge in [0, 0.05) is 23.5 Å². The van der Waals surface area contributed by atoms with Gasteiger partial charge in [-0.15, -0.1) is 0 Å². The van der Waals surface area contributed by atoms with Crippen LogP contribution in [-0.2, 0) is 4.74 Å². The van der Waals surface area contributed by atoms with Crippen LogP contribution in [0.1, 0.15) is 35.8 Å². The Morgan fingerprint density at radius 2 is 2.17 bits per heavy atom. The molecule has 0 radical (unpaired) electrons. The monoisotopic (exact) mass is 479 g/mol. The van der Waals surface area contributed by atoms with Crippen molar-refractivity contribution in [2.24, 2.45) is 10.9 Å². The quantitative estimate of drug-likeness (QED) is 0.292. The Balaban J connectivity index is 1.60. The normalized spacial score (nSPS) is 14.6. The summed E-state index contributed by atoms with van der Waals surface area (Å²) >= 11 is 0. The summed E-state index contributed by atoms with van der Waals surface area (Å²) in [6, 6.07) is 5.49. The molecule has 0 atom stereocenters. The number of fused-ring (bicyclic) bond motifs is 1. The predicted molar refractivity (Wildman–Crippen MR) is 124 cm³/mol. The molecule has 0 bridgehead atoms. The van der Waals surface area contributed by atoms with Gasteiger partial charge < -0.3 is 20.1 Å². The van der Waals surface area contributed by atoms with Crippen LogP contribution in [0.5, 0.6) is 5.88 Å². The van der Waals surface area contributed by atoms with E-state index in [0.29, 0.717) is 40.3 Å². The third-order valence-corrected chi connectivity index (χ3v) is 5.41. The number of rotatable bonds is 7. The van der Waals surface area contributed by atoms with Gasteiger partial charge in [-0.2, -0.15) is 9.61 Å². The van der Waals surface area contributed by atoms with Gasteiger partial charge in [0.1, 0.15) is 17.3 Å². The van der Waals surface area contributed by atoms with Crippen LogP contribution in [0.2, 0.25) is 0 Å². The highest BCUT2D eigenvalue weighted by molar-refractivity contribution is 5.90. The molecule has 4 aromatic rings. The lowest BCUT2D eigenvalue weighted by Crippen LogP contribution is -2.20. The number of H-pyrrole nitrogens is 2. The first-order valence-corrected chi connectivity index (χ1v) is 11.1. The average Bonchev–Trinajstić information content (AvgIpc) is 3.48. The van der Waals surface area contributed by atoms with Crippen LogP contribution in [0, 0.1) is 11.7 Å². The molecular weight excluding hydrogens is 457 g/mol. The van der Waals surface area contributed by atoms with Crippen molar-refractivity contribution in [1.82, 2.24) is 24.6 Å². The topological polar surface area (TPSA) is 150 Å². The zero-order valence-corrected chi connectivity index (χ0v) is 18.7. The lowest BCUT2D eigenvalue weighted by molar-refractivity contribution is 0.0526. The van der Waals surface area contributed by atoms with Gasteiger partial charge in [0.15, 0.2) is 11.1 Å². The van der Waals surface area contributed by atoms with E-state index < -0.39 is 17.5 Å². The summed E-state index contributed by atoms with van der Waals surface area (Å²) in [6.45, 7) is 2.48. The number of carbonyl (C=O) groups excluding carboxylic acids is 1. The van der Waals surface area contributed by atoms with Crippen LogP contribution >= 0.6 is 0 Å². The fraction of sp³-hybridized carbons (Fsp3) is 0.261. The second-order valence-electron chi connectivity index (χ2n) is 8.18. The highest BCUT2D eigenvalue weighted by atomic mass is 19.1. The number of esters is 1. The molecule has 1 aliphatic carbocycles. The summed E-state index contributed by atoms with van der Waals surface area (Å²) in [5.74, 6) is -0.675. The number of carbonyl (C=O) groups is 1. The van der Waals surface area contributed by atoms with Crippen LogP contribution in [-0.4, -0.2) is 48.8 Å². The highest BCUT2D eigenvalue weighted by Gasteiger charge is 2.20. The molecule has 1 aliphatic rings. The Labute approximate surface area is 197 Å². The maximum absolute atomic E-state index is 14.2. The van der Waals surface area contributed by atoms with Crippen molar-refractivity contribution in [2.75, 3.05) is 18.5 Å². The number of benzene rings is 1. The lowest BCUT2D eigenvalue weighted by Gasteiger charge is -2.09. The summed E-state index contributed by atoms with van der Waals surface area (Å²) in [7, 11) is 0. The van der Waals surface area contributed by atoms with E-state index in [1.807, 2.05) is 0 Å². The Hall–Kier alpha value is -4.48. The molecule has 0 aliphatic heterocycles. The average molecular weight is 479 g/mol. The molecule has 12 heteroatoms. The van der Waals surface area contributed by atoms with E-state index in [2.05, 4.69) is 30.4 Å². The first-order chi connectivity index (χ1) is 16.9. The summed E-state index contributed by atoms with van der Waals surface area (Å²) in [5.41, 5.74) is 0.913. The van der Waals surface area contributed by atoms with Crippen LogP contribution in [0.15, 0.2) is 40.2 Å². The minimum atomic E-state index is -0.633. The van der Waals surface area contributed by atoms with E-state index in [4.69, 9.17) is 4.74 Å². The number of nitrogens with zero attached hydrogens (tertiary/aromatic N) is 4. The SMILES string of the molecule is CCOC(=O)c1cc(F)cc(Nc2cc(=NCC3CC3)n3ncc(=Cc4[nH]c(=O)[nH]c4O)c3n2)c1. The molecule has 4 N–H and O–H groups in total. The Morgan fingerprint density at radius 3 is 2.89 bits per heavy atom. The molecular formula is C23H22FN7O4. The number of aromatic hydroxyl groups is 1. The number of ether oxygens (including phenoxy) is 1.